The first-order valence-corrected chi connectivity index (χ1v) is 33.9. The summed E-state index contributed by atoms with van der Waals surface area (Å²) in [6, 6.07) is -0.310. The van der Waals surface area contributed by atoms with Crippen LogP contribution in [0.1, 0.15) is 12.8 Å². The number of quaternary nitrogens is 5. The number of hydrogen-bond acceptors (Lipinski definition) is 38. The van der Waals surface area contributed by atoms with E-state index < -0.39 is 48.8 Å². The number of hydrogen-bond donors (Lipinski definition) is 30. The Balaban J connectivity index is -0.0000000952. The van der Waals surface area contributed by atoms with Crippen molar-refractivity contribution >= 4 is 79.0 Å². The fourth-order valence-electron chi connectivity index (χ4n) is 4.85. The standard InChI is InChI=1S/C5H14N4O.C5H13N3O2.C5H11N3O.C5H12N2O3.2C5H10N2O2.C5H9NO4.2C3H8N2O2.C3H6N2O.4C2H8N2.2CH2O3/c6-1-3-8-5(10)9-4-2-7;6-1-3-8-5(9)10-4-2-7;6-1-3-8-4-2-7-5(8)9;6-1-3-9-5(8)10-4-2-7;6-1-2-7-3-4-9-5(7)8;8-4-3-7-2-1-6-5(7)9;7-4(8)2-1-3-6-5(9)10;2*4-1-2-5-3(6)7;6-3-4-1-2-5-3;4*3-1-2-4;2*2-1(3)4/h1-4,6-7H2,(H2,8,9,10);1-4,6-7H2,(H,8,9);1-4,6H2,(H,7,9);1-4,6-7H2;1-4,6H2;8H,1-4H2,(H,6,9);6H,1-3H2,(H,7,8)(H,9,10);2*5H,1-2,4H2,(H,6,7);1-2H2,(H2,4,5,6);4*1-4H2;2*(H2,2,3,4)/p-2. The summed E-state index contributed by atoms with van der Waals surface area (Å²) in [7, 11) is 0. The molecule has 0 aliphatic carbocycles. The van der Waals surface area contributed by atoms with Crippen LogP contribution in [-0.2, 0) is 23.7 Å². The number of β-amino-alcohol motifs (C(OH)–C–C–N with tert-alkyl or cyclic N) is 1. The van der Waals surface area contributed by atoms with Gasteiger partial charge in [0.05, 0.1) is 52.4 Å². The van der Waals surface area contributed by atoms with E-state index >= 15 is 0 Å². The lowest BCUT2D eigenvalue weighted by molar-refractivity contribution is -0.415. The third-order valence-corrected chi connectivity index (χ3v) is 9.40. The molecule has 0 aromatic rings. The number of carboxylic acids is 1. The number of amides is 13. The number of alkyl carbamates (subject to hydrolysis) is 1. The van der Waals surface area contributed by atoms with E-state index in [0.717, 1.165) is 58.9 Å². The van der Waals surface area contributed by atoms with E-state index in [4.69, 9.17) is 110 Å². The van der Waals surface area contributed by atoms with Gasteiger partial charge < -0.3 is 265 Å². The highest BCUT2D eigenvalue weighted by atomic mass is 16.7. The third kappa shape index (κ3) is 154. The van der Waals surface area contributed by atoms with Crippen LogP contribution in [0.15, 0.2) is 0 Å². The fraction of sp³-hybridized carbons (Fsp3) is 0.759. The van der Waals surface area contributed by atoms with E-state index in [1.165, 1.54) is 0 Å². The van der Waals surface area contributed by atoms with Gasteiger partial charge in [0.25, 0.3) is 0 Å². The molecular formula is C54H135N31O26-2. The number of carboxylic acid groups (broad SMARTS) is 8. The zero-order valence-corrected chi connectivity index (χ0v) is 63.6. The lowest BCUT2D eigenvalue weighted by Gasteiger charge is -2.10. The number of nitrogens with zero attached hydrogens (tertiary/aromatic N) is 3. The molecule has 0 unspecified atom stereocenters. The van der Waals surface area contributed by atoms with Crippen molar-refractivity contribution in [2.75, 3.05) is 256 Å². The summed E-state index contributed by atoms with van der Waals surface area (Å²) in [4.78, 5) is 134. The number of aliphatic carboxylic acids is 1. The molecule has 0 saturated carbocycles. The molecule has 0 spiro atoms. The monoisotopic (exact) mass is 1630 g/mol. The van der Waals surface area contributed by atoms with Gasteiger partial charge in [-0.05, 0) is 19.0 Å². The van der Waals surface area contributed by atoms with Gasteiger partial charge in [0.1, 0.15) is 44.7 Å². The van der Waals surface area contributed by atoms with Crippen molar-refractivity contribution in [2.45, 2.75) is 12.8 Å². The van der Waals surface area contributed by atoms with Gasteiger partial charge >= 0.3 is 42.5 Å². The van der Waals surface area contributed by atoms with Gasteiger partial charge in [0, 0.05) is 183 Å². The minimum atomic E-state index is -2.33. The summed E-state index contributed by atoms with van der Waals surface area (Å²) in [6.45, 7) is 20.7. The molecule has 4 fully saturated rings. The van der Waals surface area contributed by atoms with Gasteiger partial charge in [-0.2, -0.15) is 0 Å². The molecule has 0 atom stereocenters. The number of rotatable bonds is 30. The first-order chi connectivity index (χ1) is 52.6. The van der Waals surface area contributed by atoms with Crippen molar-refractivity contribution in [3.05, 3.63) is 0 Å². The SMILES string of the molecule is NCCN1CCNC1=O.NCCN1CCOC1=O.NCCNC(=O)NCCN.NCCNC(=O)OCCN.NCCNC(=O)[O-].NCCOC(=O)OCCN.NCC[NH3+].NCC[NH3+].NCC[NH3+].NCC[NH3+].O=C([O-])CCCNC(=O)[O-].O=C([O-])O.O=C([O-])[O-].O=C1NCCN1.O=C1NCCN1CCO.[NH3+]CCNC(=O)[O-]. The van der Waals surface area contributed by atoms with Crippen LogP contribution in [0.3, 0.4) is 0 Å². The van der Waals surface area contributed by atoms with E-state index in [1.807, 2.05) is 16.0 Å². The first kappa shape index (κ1) is 127. The normalized spacial score (nSPS) is 11.3. The van der Waals surface area contributed by atoms with Crippen LogP contribution in [0.2, 0.25) is 0 Å². The Kier molecular flexibility index (Phi) is 130. The molecule has 111 heavy (non-hydrogen) atoms. The van der Waals surface area contributed by atoms with Crippen molar-refractivity contribution in [1.82, 2.24) is 67.9 Å². The summed E-state index contributed by atoms with van der Waals surface area (Å²) in [5.74, 6) is -1.18. The van der Waals surface area contributed by atoms with E-state index in [2.05, 4.69) is 84.8 Å². The Morgan fingerprint density at radius 1 is 0.423 bits per heavy atom. The topological polar surface area (TPSA) is 1070 Å². The van der Waals surface area contributed by atoms with Crippen molar-refractivity contribution in [3.8, 4) is 0 Å². The zero-order valence-electron chi connectivity index (χ0n) is 63.6. The number of nitrogens with two attached hydrogens (primary N) is 13. The molecule has 4 saturated heterocycles. The molecular weight excluding hydrogens is 1500 g/mol. The summed E-state index contributed by atoms with van der Waals surface area (Å²) >= 11 is 0. The van der Waals surface area contributed by atoms with Gasteiger partial charge in [-0.25, -0.2) is 33.6 Å². The fourth-order valence-corrected chi connectivity index (χ4v) is 4.85. The minimum Gasteiger partial charge on any atom is -0.652 e. The highest BCUT2D eigenvalue weighted by molar-refractivity contribution is 5.77. The quantitative estimate of drug-likeness (QED) is 0.0180. The number of urea groups is 4. The predicted octanol–water partition coefficient (Wildman–Crippen LogP) is -25.8. The summed E-state index contributed by atoms with van der Waals surface area (Å²) in [5.41, 5.74) is 83.1. The Morgan fingerprint density at radius 2 is 0.757 bits per heavy atom. The molecule has 4 aliphatic rings. The molecule has 0 bridgehead atoms. The molecule has 0 radical (unpaired) electrons. The average molecular weight is 1630 g/mol. The highest BCUT2D eigenvalue weighted by Gasteiger charge is 2.20. The molecule has 664 valence electrons. The first-order valence-electron chi connectivity index (χ1n) is 33.9. The van der Waals surface area contributed by atoms with Gasteiger partial charge in [-0.15, -0.1) is 0 Å². The van der Waals surface area contributed by atoms with Gasteiger partial charge in [-0.1, -0.05) is 0 Å². The molecule has 0 aromatic carbocycles. The molecule has 57 heteroatoms. The van der Waals surface area contributed by atoms with Crippen molar-refractivity contribution in [3.63, 3.8) is 0 Å². The predicted molar refractivity (Wildman–Crippen MR) is 384 cm³/mol. The molecule has 4 heterocycles. The number of aliphatic hydroxyl groups excluding tert-OH is 1. The van der Waals surface area contributed by atoms with Gasteiger partial charge in [0.2, 0.25) is 6.16 Å². The second-order valence-electron chi connectivity index (χ2n) is 18.8. The summed E-state index contributed by atoms with van der Waals surface area (Å²) < 4.78 is 18.1. The molecule has 0 aromatic heterocycles. The Labute approximate surface area is 644 Å². The second kappa shape index (κ2) is 113. The second-order valence-corrected chi connectivity index (χ2v) is 18.8. The third-order valence-electron chi connectivity index (χ3n) is 9.40. The van der Waals surface area contributed by atoms with Crippen molar-refractivity contribution in [1.29, 1.82) is 0 Å². The van der Waals surface area contributed by atoms with Crippen LogP contribution in [-0.4, -0.2) is 359 Å². The van der Waals surface area contributed by atoms with Gasteiger partial charge in [-0.3, -0.25) is 0 Å². The lowest BCUT2D eigenvalue weighted by Crippen LogP contribution is -2.56. The number of carbonyl (C=O) groups is 13. The van der Waals surface area contributed by atoms with Crippen LogP contribution in [0, 0.1) is 0 Å². The van der Waals surface area contributed by atoms with E-state index in [-0.39, 0.29) is 82.6 Å². The van der Waals surface area contributed by atoms with Crippen LogP contribution in [0.25, 0.3) is 0 Å². The van der Waals surface area contributed by atoms with Crippen molar-refractivity contribution < 1.29 is 156 Å². The van der Waals surface area contributed by atoms with Crippen LogP contribution in [0.4, 0.5) is 57.5 Å². The Hall–Kier alpha value is -10.0. The molecule has 53 N–H and O–H groups in total. The highest BCUT2D eigenvalue weighted by Crippen LogP contribution is 2.00. The van der Waals surface area contributed by atoms with E-state index in [1.54, 1.807) is 14.7 Å². The zero-order chi connectivity index (χ0) is 88.1. The number of cyclic esters (lactones) is 1. The number of nitrogens with one attached hydrogen (secondary N) is 10. The Morgan fingerprint density at radius 3 is 1.01 bits per heavy atom. The van der Waals surface area contributed by atoms with E-state index in [0.29, 0.717) is 157 Å². The number of carbonyl (C=O) groups excluding carboxylic acids is 12. The number of aliphatic hydroxyl groups is 1. The minimum absolute atomic E-state index is 0.0143. The van der Waals surface area contributed by atoms with Crippen molar-refractivity contribution in [2.24, 2.45) is 74.5 Å². The maximum absolute atomic E-state index is 10.7. The average Bonchev–Trinajstić information content (AvgIpc) is 1.81. The lowest BCUT2D eigenvalue weighted by atomic mass is 10.3. The maximum Gasteiger partial charge on any atom is 0.508 e. The van der Waals surface area contributed by atoms with Crippen LogP contribution >= 0.6 is 0 Å². The Bertz CT molecular complexity index is 1910. The summed E-state index contributed by atoms with van der Waals surface area (Å²) in [6.07, 6.45) is -9.63. The van der Waals surface area contributed by atoms with Crippen LogP contribution in [0.5, 0.6) is 0 Å². The molecule has 4 aliphatic heterocycles. The smallest absolute Gasteiger partial charge is 0.508 e. The molecule has 4 rings (SSSR count). The molecule has 57 nitrogen and oxygen atoms in total. The van der Waals surface area contributed by atoms with E-state index in [9.17, 15) is 73.2 Å². The number of ether oxygens (including phenoxy) is 4. The van der Waals surface area contributed by atoms with Crippen LogP contribution < -0.4 is 192 Å². The molecule has 13 amide bonds. The largest absolute Gasteiger partial charge is 0.652 e. The summed E-state index contributed by atoms with van der Waals surface area (Å²) in [5, 5.41) is 103. The van der Waals surface area contributed by atoms with Gasteiger partial charge in [0.15, 0.2) is 0 Å². The maximum atomic E-state index is 10.7.